The summed E-state index contributed by atoms with van der Waals surface area (Å²) in [5, 5.41) is 2.94. The van der Waals surface area contributed by atoms with Gasteiger partial charge in [-0.25, -0.2) is 28.0 Å². The second-order valence-electron chi connectivity index (χ2n) is 6.44. The topological polar surface area (TPSA) is 121 Å². The number of nitrogens with zero attached hydrogens (tertiary/aromatic N) is 3. The molecule has 0 radical (unpaired) electrons. The number of hydrogen-bond donors (Lipinski definition) is 2. The molecule has 1 aromatic heterocycles. The molecule has 2 amide bonds. The molecule has 12 heteroatoms. The lowest BCUT2D eigenvalue weighted by atomic mass is 10.3. The van der Waals surface area contributed by atoms with E-state index in [-0.39, 0.29) is 21.6 Å². The van der Waals surface area contributed by atoms with Crippen molar-refractivity contribution >= 4 is 62.4 Å². The third-order valence-corrected chi connectivity index (χ3v) is 6.28. The van der Waals surface area contributed by atoms with Gasteiger partial charge in [0.1, 0.15) is 10.7 Å². The number of rotatable bonds is 6. The quantitative estimate of drug-likeness (QED) is 0.509. The van der Waals surface area contributed by atoms with Crippen LogP contribution in [0.2, 0.25) is 5.02 Å². The first-order valence-electron chi connectivity index (χ1n) is 8.97. The van der Waals surface area contributed by atoms with Crippen molar-refractivity contribution in [1.29, 1.82) is 0 Å². The van der Waals surface area contributed by atoms with Crippen LogP contribution in [0.3, 0.4) is 0 Å². The second kappa shape index (κ2) is 8.58. The van der Waals surface area contributed by atoms with Gasteiger partial charge in [0, 0.05) is 23.1 Å². The van der Waals surface area contributed by atoms with Gasteiger partial charge in [0.2, 0.25) is 5.95 Å². The lowest BCUT2D eigenvalue weighted by Gasteiger charge is -2.15. The zero-order valence-electron chi connectivity index (χ0n) is 16.0. The van der Waals surface area contributed by atoms with E-state index in [1.54, 1.807) is 18.2 Å². The highest BCUT2D eigenvalue weighted by atomic mass is 35.5. The van der Waals surface area contributed by atoms with E-state index in [4.69, 9.17) is 23.2 Å². The van der Waals surface area contributed by atoms with Crippen LogP contribution in [0.25, 0.3) is 0 Å². The van der Waals surface area contributed by atoms with E-state index in [1.807, 2.05) is 0 Å². The predicted octanol–water partition coefficient (Wildman–Crippen LogP) is 3.37. The number of carbonyl (C=O) groups excluding carboxylic acids is 2. The number of imide groups is 1. The van der Waals surface area contributed by atoms with Crippen molar-refractivity contribution < 1.29 is 18.0 Å². The fraction of sp³-hybridized carbons (Fsp3) is 0. The molecule has 0 bridgehead atoms. The molecule has 0 spiro atoms. The normalized spacial score (nSPS) is 14.1. The number of carbonyl (C=O) groups is 2. The molecule has 0 unspecified atom stereocenters. The standard InChI is InChI=1S/C20H13Cl2N5O4S/c21-12-2-6-14(7-3-12)27-18(28)16(22)17(19(27)29)25-13-4-8-15(9-5-13)32(30,31)26-20-23-10-1-11-24-20/h1-11,25H,(H,23,24,26). The summed E-state index contributed by atoms with van der Waals surface area (Å²) in [5.74, 6) is -1.40. The fourth-order valence-electron chi connectivity index (χ4n) is 2.83. The van der Waals surface area contributed by atoms with Crippen molar-refractivity contribution in [2.75, 3.05) is 14.9 Å². The summed E-state index contributed by atoms with van der Waals surface area (Å²) >= 11 is 12.0. The second-order valence-corrected chi connectivity index (χ2v) is 8.94. The molecule has 1 aliphatic heterocycles. The summed E-state index contributed by atoms with van der Waals surface area (Å²) < 4.78 is 27.2. The van der Waals surface area contributed by atoms with Gasteiger partial charge >= 0.3 is 0 Å². The molecule has 32 heavy (non-hydrogen) atoms. The van der Waals surface area contributed by atoms with E-state index in [1.165, 1.54) is 48.8 Å². The van der Waals surface area contributed by atoms with Crippen LogP contribution in [0.4, 0.5) is 17.3 Å². The maximum absolute atomic E-state index is 12.8. The first kappa shape index (κ1) is 21.8. The number of halogens is 2. The van der Waals surface area contributed by atoms with E-state index in [0.29, 0.717) is 16.4 Å². The van der Waals surface area contributed by atoms with Crippen LogP contribution in [0, 0.1) is 0 Å². The molecule has 3 aromatic rings. The van der Waals surface area contributed by atoms with Gasteiger partial charge in [0.25, 0.3) is 21.8 Å². The van der Waals surface area contributed by atoms with Crippen LogP contribution in [0.1, 0.15) is 0 Å². The molecule has 0 aliphatic carbocycles. The Labute approximate surface area is 192 Å². The van der Waals surface area contributed by atoms with E-state index in [2.05, 4.69) is 20.0 Å². The van der Waals surface area contributed by atoms with Crippen LogP contribution >= 0.6 is 23.2 Å². The lowest BCUT2D eigenvalue weighted by Crippen LogP contribution is -2.32. The van der Waals surface area contributed by atoms with Gasteiger partial charge in [-0.15, -0.1) is 0 Å². The Morgan fingerprint density at radius 3 is 2.09 bits per heavy atom. The van der Waals surface area contributed by atoms with Crippen LogP contribution in [0.5, 0.6) is 0 Å². The Bertz CT molecular complexity index is 1330. The zero-order valence-corrected chi connectivity index (χ0v) is 18.3. The molecule has 162 valence electrons. The van der Waals surface area contributed by atoms with Crippen molar-refractivity contribution in [2.45, 2.75) is 4.90 Å². The zero-order chi connectivity index (χ0) is 22.9. The molecule has 0 saturated carbocycles. The maximum atomic E-state index is 12.8. The van der Waals surface area contributed by atoms with Gasteiger partial charge < -0.3 is 5.32 Å². The minimum atomic E-state index is -3.92. The molecular weight excluding hydrogens is 477 g/mol. The molecule has 0 fully saturated rings. The monoisotopic (exact) mass is 489 g/mol. The highest BCUT2D eigenvalue weighted by Crippen LogP contribution is 2.31. The highest BCUT2D eigenvalue weighted by molar-refractivity contribution is 7.92. The lowest BCUT2D eigenvalue weighted by molar-refractivity contribution is -0.120. The van der Waals surface area contributed by atoms with Gasteiger partial charge in [-0.1, -0.05) is 23.2 Å². The first-order valence-corrected chi connectivity index (χ1v) is 11.2. The van der Waals surface area contributed by atoms with Crippen LogP contribution in [0.15, 0.2) is 82.6 Å². The van der Waals surface area contributed by atoms with Crippen molar-refractivity contribution in [3.8, 4) is 0 Å². The van der Waals surface area contributed by atoms with E-state index >= 15 is 0 Å². The van der Waals surface area contributed by atoms with E-state index in [0.717, 1.165) is 4.90 Å². The number of anilines is 3. The molecule has 0 atom stereocenters. The molecule has 2 aromatic carbocycles. The van der Waals surface area contributed by atoms with Crippen molar-refractivity contribution in [2.24, 2.45) is 0 Å². The predicted molar refractivity (Wildman–Crippen MR) is 120 cm³/mol. The van der Waals surface area contributed by atoms with Crippen molar-refractivity contribution in [3.63, 3.8) is 0 Å². The van der Waals surface area contributed by atoms with Gasteiger partial charge in [-0.05, 0) is 54.6 Å². The Morgan fingerprint density at radius 2 is 1.47 bits per heavy atom. The molecule has 2 heterocycles. The largest absolute Gasteiger partial charge is 0.350 e. The molecule has 4 rings (SSSR count). The number of benzene rings is 2. The number of sulfonamides is 1. The highest BCUT2D eigenvalue weighted by Gasteiger charge is 2.38. The number of nitrogens with one attached hydrogen (secondary N) is 2. The molecule has 0 saturated heterocycles. The SMILES string of the molecule is O=C1C(Cl)=C(Nc2ccc(S(=O)(=O)Nc3ncccn3)cc2)C(=O)N1c1ccc(Cl)cc1. The van der Waals surface area contributed by atoms with E-state index < -0.39 is 21.8 Å². The third-order valence-electron chi connectivity index (χ3n) is 4.34. The minimum Gasteiger partial charge on any atom is -0.350 e. The van der Waals surface area contributed by atoms with Gasteiger partial charge in [0.05, 0.1) is 10.6 Å². The van der Waals surface area contributed by atoms with Crippen LogP contribution in [-0.2, 0) is 19.6 Å². The Hall–Kier alpha value is -3.47. The molecule has 9 nitrogen and oxygen atoms in total. The summed E-state index contributed by atoms with van der Waals surface area (Å²) in [6.45, 7) is 0. The fourth-order valence-corrected chi connectivity index (χ4v) is 4.13. The Kier molecular flexibility index (Phi) is 5.83. The van der Waals surface area contributed by atoms with Crippen molar-refractivity contribution in [3.05, 3.63) is 82.7 Å². The first-order chi connectivity index (χ1) is 15.3. The van der Waals surface area contributed by atoms with Gasteiger partial charge in [-0.3, -0.25) is 9.59 Å². The number of hydrogen-bond acceptors (Lipinski definition) is 7. The summed E-state index contributed by atoms with van der Waals surface area (Å²) in [6, 6.07) is 13.2. The summed E-state index contributed by atoms with van der Waals surface area (Å²) in [6.07, 6.45) is 2.81. The summed E-state index contributed by atoms with van der Waals surface area (Å²) in [5.41, 5.74) is 0.542. The van der Waals surface area contributed by atoms with E-state index in [9.17, 15) is 18.0 Å². The average molecular weight is 490 g/mol. The third kappa shape index (κ3) is 4.28. The Morgan fingerprint density at radius 1 is 0.844 bits per heavy atom. The smallest absolute Gasteiger partial charge is 0.283 e. The number of amides is 2. The molecule has 1 aliphatic rings. The minimum absolute atomic E-state index is 0.0489. The maximum Gasteiger partial charge on any atom is 0.283 e. The summed E-state index contributed by atoms with van der Waals surface area (Å²) in [7, 11) is -3.92. The average Bonchev–Trinajstić information content (AvgIpc) is 2.98. The van der Waals surface area contributed by atoms with Gasteiger partial charge in [-0.2, -0.15) is 0 Å². The van der Waals surface area contributed by atoms with Gasteiger partial charge in [0.15, 0.2) is 0 Å². The van der Waals surface area contributed by atoms with Crippen LogP contribution < -0.4 is 14.9 Å². The Balaban J connectivity index is 1.52. The summed E-state index contributed by atoms with van der Waals surface area (Å²) in [4.78, 5) is 33.8. The van der Waals surface area contributed by atoms with Crippen LogP contribution in [-0.4, -0.2) is 30.2 Å². The number of aromatic nitrogens is 2. The van der Waals surface area contributed by atoms with Crippen molar-refractivity contribution in [1.82, 2.24) is 9.97 Å². The molecular formula is C20H13Cl2N5O4S. The molecule has 2 N–H and O–H groups in total.